The van der Waals surface area contributed by atoms with Crippen LogP contribution in [0.5, 0.6) is 0 Å². The lowest BCUT2D eigenvalue weighted by atomic mass is 9.70. The molecule has 0 aromatic rings. The van der Waals surface area contributed by atoms with Gasteiger partial charge in [0.2, 0.25) is 0 Å². The molecule has 0 atom stereocenters. The van der Waals surface area contributed by atoms with Gasteiger partial charge in [-0.25, -0.2) is 0 Å². The third kappa shape index (κ3) is 4.63. The number of allylic oxidation sites excluding steroid dienone is 2. The Morgan fingerprint density at radius 1 is 0.895 bits per heavy atom. The molecule has 0 saturated heterocycles. The average molecular weight is 264 g/mol. The number of hydrogen-bond donors (Lipinski definition) is 0. The molecule has 0 aromatic heterocycles. The Morgan fingerprint density at radius 2 is 1.47 bits per heavy atom. The predicted molar refractivity (Wildman–Crippen MR) is 82.3 cm³/mol. The summed E-state index contributed by atoms with van der Waals surface area (Å²) in [4.78, 5) is 0. The maximum Gasteiger partial charge on any atom is 0.0571 e. The van der Waals surface area contributed by atoms with Crippen LogP contribution < -0.4 is 0 Å². The van der Waals surface area contributed by atoms with Crippen molar-refractivity contribution >= 4 is 0 Å². The zero-order valence-corrected chi connectivity index (χ0v) is 12.9. The Bertz CT molecular complexity index is 255. The third-order valence-electron chi connectivity index (χ3n) is 5.40. The van der Waals surface area contributed by atoms with Gasteiger partial charge in [-0.15, -0.1) is 0 Å². The fourth-order valence-electron chi connectivity index (χ4n) is 4.06. The number of rotatable bonds is 5. The number of methoxy groups -OCH3 is 1. The van der Waals surface area contributed by atoms with E-state index in [-0.39, 0.29) is 0 Å². The first-order valence-electron chi connectivity index (χ1n) is 8.53. The van der Waals surface area contributed by atoms with Crippen molar-refractivity contribution in [3.05, 3.63) is 12.2 Å². The molecule has 0 bridgehead atoms. The van der Waals surface area contributed by atoms with E-state index in [9.17, 15) is 0 Å². The highest BCUT2D eigenvalue weighted by atomic mass is 16.5. The van der Waals surface area contributed by atoms with Crippen molar-refractivity contribution in [3.63, 3.8) is 0 Å². The van der Waals surface area contributed by atoms with Gasteiger partial charge in [0.05, 0.1) is 6.10 Å². The van der Waals surface area contributed by atoms with Crippen LogP contribution in [0.4, 0.5) is 0 Å². The molecule has 2 rings (SSSR count). The molecule has 1 nitrogen and oxygen atoms in total. The smallest absolute Gasteiger partial charge is 0.0571 e. The van der Waals surface area contributed by atoms with Crippen LogP contribution in [0.1, 0.15) is 71.1 Å². The minimum Gasteiger partial charge on any atom is -0.381 e. The van der Waals surface area contributed by atoms with E-state index in [2.05, 4.69) is 19.1 Å². The largest absolute Gasteiger partial charge is 0.381 e. The molecule has 110 valence electrons. The highest BCUT2D eigenvalue weighted by molar-refractivity contribution is 4.92. The van der Waals surface area contributed by atoms with Crippen LogP contribution in [0.3, 0.4) is 0 Å². The lowest BCUT2D eigenvalue weighted by molar-refractivity contribution is 0.0405. The zero-order valence-electron chi connectivity index (χ0n) is 12.9. The molecule has 1 heteroatoms. The molecule has 0 heterocycles. The molecule has 19 heavy (non-hydrogen) atoms. The van der Waals surface area contributed by atoms with E-state index in [4.69, 9.17) is 4.74 Å². The van der Waals surface area contributed by atoms with E-state index >= 15 is 0 Å². The molecular weight excluding hydrogens is 232 g/mol. The Hall–Kier alpha value is -0.300. The number of ether oxygens (including phenoxy) is 1. The molecule has 0 radical (unpaired) electrons. The summed E-state index contributed by atoms with van der Waals surface area (Å²) in [5, 5.41) is 0. The lowest BCUT2D eigenvalue weighted by Crippen LogP contribution is -2.27. The van der Waals surface area contributed by atoms with Crippen molar-refractivity contribution in [2.24, 2.45) is 17.8 Å². The second-order valence-corrected chi connectivity index (χ2v) is 6.66. The molecule has 2 aliphatic carbocycles. The van der Waals surface area contributed by atoms with Crippen molar-refractivity contribution in [1.29, 1.82) is 0 Å². The standard InChI is InChI=1S/C18H32O/c1-3-4-5-6-15-7-9-16(10-8-15)17-11-13-18(19-2)14-12-17/h5-6,15-18H,3-4,7-14H2,1-2H3/t15-,16-,17-,18-. The van der Waals surface area contributed by atoms with Crippen LogP contribution >= 0.6 is 0 Å². The first-order valence-corrected chi connectivity index (χ1v) is 8.53. The van der Waals surface area contributed by atoms with E-state index in [1.54, 1.807) is 0 Å². The molecule has 2 fully saturated rings. The van der Waals surface area contributed by atoms with Gasteiger partial charge >= 0.3 is 0 Å². The van der Waals surface area contributed by atoms with Crippen LogP contribution in [0, 0.1) is 17.8 Å². The first-order chi connectivity index (χ1) is 9.33. The summed E-state index contributed by atoms with van der Waals surface area (Å²) in [6.07, 6.45) is 19.3. The van der Waals surface area contributed by atoms with Gasteiger partial charge in [0.25, 0.3) is 0 Å². The van der Waals surface area contributed by atoms with Crippen LogP contribution in [-0.4, -0.2) is 13.2 Å². The first kappa shape index (κ1) is 15.1. The summed E-state index contributed by atoms with van der Waals surface area (Å²) < 4.78 is 5.49. The summed E-state index contributed by atoms with van der Waals surface area (Å²) in [6, 6.07) is 0. The van der Waals surface area contributed by atoms with Gasteiger partial charge in [0, 0.05) is 7.11 Å². The molecular formula is C18H32O. The van der Waals surface area contributed by atoms with Crippen molar-refractivity contribution in [2.75, 3.05) is 7.11 Å². The highest BCUT2D eigenvalue weighted by Crippen LogP contribution is 2.40. The van der Waals surface area contributed by atoms with E-state index in [1.165, 1.54) is 64.2 Å². The van der Waals surface area contributed by atoms with Gasteiger partial charge in [0.1, 0.15) is 0 Å². The lowest BCUT2D eigenvalue weighted by Gasteiger charge is -2.37. The summed E-state index contributed by atoms with van der Waals surface area (Å²) in [7, 11) is 1.87. The second kappa shape index (κ2) is 8.09. The third-order valence-corrected chi connectivity index (χ3v) is 5.40. The number of unbranched alkanes of at least 4 members (excludes halogenated alkanes) is 1. The second-order valence-electron chi connectivity index (χ2n) is 6.66. The Morgan fingerprint density at radius 3 is 2.00 bits per heavy atom. The molecule has 2 aliphatic rings. The van der Waals surface area contributed by atoms with Gasteiger partial charge in [-0.05, 0) is 75.5 Å². The average Bonchev–Trinajstić information content (AvgIpc) is 2.48. The molecule has 0 unspecified atom stereocenters. The summed E-state index contributed by atoms with van der Waals surface area (Å²) >= 11 is 0. The van der Waals surface area contributed by atoms with Crippen LogP contribution in [0.25, 0.3) is 0 Å². The maximum absolute atomic E-state index is 5.49. The van der Waals surface area contributed by atoms with Crippen molar-refractivity contribution in [2.45, 2.75) is 77.2 Å². The Kier molecular flexibility index (Phi) is 6.43. The summed E-state index contributed by atoms with van der Waals surface area (Å²) in [6.45, 7) is 2.26. The van der Waals surface area contributed by atoms with Gasteiger partial charge in [-0.1, -0.05) is 25.5 Å². The zero-order chi connectivity index (χ0) is 13.5. The fourth-order valence-corrected chi connectivity index (χ4v) is 4.06. The van der Waals surface area contributed by atoms with E-state index in [1.807, 2.05) is 7.11 Å². The summed E-state index contributed by atoms with van der Waals surface area (Å²) in [5.74, 6) is 2.92. The highest BCUT2D eigenvalue weighted by Gasteiger charge is 2.30. The normalized spacial score (nSPS) is 36.7. The fraction of sp³-hybridized carbons (Fsp3) is 0.889. The Balaban J connectivity index is 1.68. The van der Waals surface area contributed by atoms with E-state index in [0.29, 0.717) is 6.10 Å². The molecule has 0 spiro atoms. The minimum absolute atomic E-state index is 0.560. The van der Waals surface area contributed by atoms with Crippen molar-refractivity contribution in [3.8, 4) is 0 Å². The quantitative estimate of drug-likeness (QED) is 0.608. The van der Waals surface area contributed by atoms with Crippen LogP contribution in [-0.2, 0) is 4.74 Å². The van der Waals surface area contributed by atoms with Crippen LogP contribution in [0.15, 0.2) is 12.2 Å². The molecule has 0 N–H and O–H groups in total. The van der Waals surface area contributed by atoms with Gasteiger partial charge in [-0.2, -0.15) is 0 Å². The molecule has 2 saturated carbocycles. The van der Waals surface area contributed by atoms with Crippen LogP contribution in [0.2, 0.25) is 0 Å². The van der Waals surface area contributed by atoms with E-state index in [0.717, 1.165) is 17.8 Å². The Labute approximate surface area is 119 Å². The van der Waals surface area contributed by atoms with Gasteiger partial charge < -0.3 is 4.74 Å². The number of hydrogen-bond acceptors (Lipinski definition) is 1. The molecule has 0 aromatic carbocycles. The van der Waals surface area contributed by atoms with Crippen molar-refractivity contribution < 1.29 is 4.74 Å². The van der Waals surface area contributed by atoms with Gasteiger partial charge in [0.15, 0.2) is 0 Å². The summed E-state index contributed by atoms with van der Waals surface area (Å²) in [5.41, 5.74) is 0. The van der Waals surface area contributed by atoms with Crippen molar-refractivity contribution in [1.82, 2.24) is 0 Å². The molecule has 0 amide bonds. The minimum atomic E-state index is 0.560. The van der Waals surface area contributed by atoms with Gasteiger partial charge in [-0.3, -0.25) is 0 Å². The topological polar surface area (TPSA) is 9.23 Å². The SMILES string of the molecule is CCCC=C[C@H]1CC[C@H]([C@H]2CC[C@H](OC)CC2)CC1. The maximum atomic E-state index is 5.49. The monoisotopic (exact) mass is 264 g/mol. The predicted octanol–water partition coefficient (Wildman–Crippen LogP) is 5.35. The van der Waals surface area contributed by atoms with E-state index < -0.39 is 0 Å². The molecule has 0 aliphatic heterocycles.